The number of methoxy groups -OCH3 is 1. The number of rotatable bonds is 11. The highest BCUT2D eigenvalue weighted by atomic mass is 16.5. The van der Waals surface area contributed by atoms with Crippen LogP contribution >= 0.6 is 0 Å². The van der Waals surface area contributed by atoms with Gasteiger partial charge in [0.2, 0.25) is 0 Å². The van der Waals surface area contributed by atoms with Gasteiger partial charge >= 0.3 is 0 Å². The quantitative estimate of drug-likeness (QED) is 0.234. The molecule has 0 bridgehead atoms. The zero-order chi connectivity index (χ0) is 24.7. The summed E-state index contributed by atoms with van der Waals surface area (Å²) in [5.74, 6) is -0.230. The Morgan fingerprint density at radius 1 is 1.06 bits per heavy atom. The fraction of sp³-hybridized carbons (Fsp3) is 0.333. The third-order valence-corrected chi connectivity index (χ3v) is 6.02. The van der Waals surface area contributed by atoms with Crippen LogP contribution < -0.4 is 9.47 Å². The minimum absolute atomic E-state index is 0.0782. The van der Waals surface area contributed by atoms with Crippen molar-refractivity contribution in [1.82, 2.24) is 9.80 Å². The summed E-state index contributed by atoms with van der Waals surface area (Å²) >= 11 is 0. The van der Waals surface area contributed by atoms with E-state index >= 15 is 0 Å². The summed E-state index contributed by atoms with van der Waals surface area (Å²) in [6, 6.07) is 13.3. The number of likely N-dealkylation sites (tertiary alicyclic amines) is 1. The normalized spacial score (nSPS) is 17.3. The molecule has 1 N–H and O–H groups in total. The van der Waals surface area contributed by atoms with E-state index in [1.807, 2.05) is 12.1 Å². The predicted molar refractivity (Wildman–Crippen MR) is 132 cm³/mol. The molecule has 1 fully saturated rings. The summed E-state index contributed by atoms with van der Waals surface area (Å²) < 4.78 is 10.8. The first-order valence-corrected chi connectivity index (χ1v) is 11.4. The van der Waals surface area contributed by atoms with Crippen LogP contribution in [0, 0.1) is 0 Å². The predicted octanol–water partition coefficient (Wildman–Crippen LogP) is 4.02. The number of amides is 1. The Morgan fingerprint density at radius 3 is 2.24 bits per heavy atom. The van der Waals surface area contributed by atoms with Crippen molar-refractivity contribution in [3.8, 4) is 11.5 Å². The molecule has 1 heterocycles. The summed E-state index contributed by atoms with van der Waals surface area (Å²) in [4.78, 5) is 30.0. The lowest BCUT2D eigenvalue weighted by atomic mass is 9.95. The topological polar surface area (TPSA) is 79.3 Å². The highest BCUT2D eigenvalue weighted by Crippen LogP contribution is 2.39. The van der Waals surface area contributed by atoms with E-state index in [1.54, 1.807) is 54.5 Å². The molecule has 1 aliphatic heterocycles. The first-order chi connectivity index (χ1) is 16.4. The largest absolute Gasteiger partial charge is 0.507 e. The van der Waals surface area contributed by atoms with Gasteiger partial charge in [0.15, 0.2) is 0 Å². The number of carbonyl (C=O) groups excluding carboxylic acids is 2. The maximum atomic E-state index is 13.1. The monoisotopic (exact) mass is 464 g/mol. The van der Waals surface area contributed by atoms with Gasteiger partial charge in [-0.1, -0.05) is 38.6 Å². The van der Waals surface area contributed by atoms with Gasteiger partial charge < -0.3 is 24.4 Å². The molecule has 0 unspecified atom stereocenters. The molecule has 0 aromatic heterocycles. The Bertz CT molecular complexity index is 1040. The Labute approximate surface area is 200 Å². The third kappa shape index (κ3) is 5.31. The Kier molecular flexibility index (Phi) is 8.49. The summed E-state index contributed by atoms with van der Waals surface area (Å²) in [5, 5.41) is 11.2. The summed E-state index contributed by atoms with van der Waals surface area (Å²) in [7, 11) is 1.58. The standard InChI is InChI=1S/C27H32N2O5/c1-5-18-34-22-14-10-20(11-15-22)25(30)23-24(19-8-12-21(33-4)13-9-19)29(27(32)26(23)31)17-16-28(6-2)7-3/h5,8-15,24,30H,1,6-7,16-18H2,2-4H3/t24-/m1/s1. The van der Waals surface area contributed by atoms with Gasteiger partial charge in [0.25, 0.3) is 11.7 Å². The highest BCUT2D eigenvalue weighted by Gasteiger charge is 2.45. The van der Waals surface area contributed by atoms with Gasteiger partial charge in [-0.15, -0.1) is 0 Å². The number of hydrogen-bond donors (Lipinski definition) is 1. The van der Waals surface area contributed by atoms with Crippen molar-refractivity contribution in [3.05, 3.63) is 77.9 Å². The average Bonchev–Trinajstić information content (AvgIpc) is 3.13. The number of ether oxygens (including phenoxy) is 2. The van der Waals surface area contributed by atoms with E-state index in [0.717, 1.165) is 18.7 Å². The molecule has 0 aliphatic carbocycles. The summed E-state index contributed by atoms with van der Waals surface area (Å²) in [6.45, 7) is 10.8. The first kappa shape index (κ1) is 25.1. The Hall–Kier alpha value is -3.58. The molecule has 1 amide bonds. The summed E-state index contributed by atoms with van der Waals surface area (Å²) in [5.41, 5.74) is 1.24. The van der Waals surface area contributed by atoms with Crippen LogP contribution in [0.4, 0.5) is 0 Å². The molecule has 2 aromatic rings. The number of aliphatic hydroxyl groups excluding tert-OH is 1. The smallest absolute Gasteiger partial charge is 0.295 e. The van der Waals surface area contributed by atoms with Crippen molar-refractivity contribution in [2.45, 2.75) is 19.9 Å². The van der Waals surface area contributed by atoms with Gasteiger partial charge in [-0.25, -0.2) is 0 Å². The second kappa shape index (κ2) is 11.5. The number of aliphatic hydroxyl groups is 1. The molecule has 0 saturated carbocycles. The molecule has 0 spiro atoms. The van der Waals surface area contributed by atoms with Gasteiger partial charge in [0, 0.05) is 18.7 Å². The number of benzene rings is 2. The van der Waals surface area contributed by atoms with E-state index < -0.39 is 17.7 Å². The maximum Gasteiger partial charge on any atom is 0.295 e. The number of Topliss-reactive ketones (excluding diaryl/α,β-unsaturated/α-hetero) is 1. The molecule has 1 atom stereocenters. The van der Waals surface area contributed by atoms with Crippen molar-refractivity contribution in [3.63, 3.8) is 0 Å². The van der Waals surface area contributed by atoms with Crippen molar-refractivity contribution < 1.29 is 24.2 Å². The summed E-state index contributed by atoms with van der Waals surface area (Å²) in [6.07, 6.45) is 1.64. The first-order valence-electron chi connectivity index (χ1n) is 11.4. The molecule has 1 saturated heterocycles. The fourth-order valence-corrected chi connectivity index (χ4v) is 4.05. The molecule has 7 nitrogen and oxygen atoms in total. The molecule has 180 valence electrons. The second-order valence-corrected chi connectivity index (χ2v) is 7.92. The Morgan fingerprint density at radius 2 is 1.68 bits per heavy atom. The van der Waals surface area contributed by atoms with E-state index in [1.165, 1.54) is 0 Å². The number of likely N-dealkylation sites (N-methyl/N-ethyl adjacent to an activating group) is 1. The maximum absolute atomic E-state index is 13.1. The zero-order valence-corrected chi connectivity index (χ0v) is 20.0. The molecule has 34 heavy (non-hydrogen) atoms. The van der Waals surface area contributed by atoms with E-state index in [2.05, 4.69) is 25.3 Å². The number of nitrogens with zero attached hydrogens (tertiary/aromatic N) is 2. The van der Waals surface area contributed by atoms with Crippen LogP contribution in [0.1, 0.15) is 31.0 Å². The lowest BCUT2D eigenvalue weighted by molar-refractivity contribution is -0.140. The van der Waals surface area contributed by atoms with Crippen LogP contribution in [-0.2, 0) is 9.59 Å². The molecule has 7 heteroatoms. The van der Waals surface area contributed by atoms with Gasteiger partial charge in [-0.2, -0.15) is 0 Å². The highest BCUT2D eigenvalue weighted by molar-refractivity contribution is 6.46. The fourth-order valence-electron chi connectivity index (χ4n) is 4.05. The average molecular weight is 465 g/mol. The van der Waals surface area contributed by atoms with Crippen molar-refractivity contribution in [2.75, 3.05) is 39.9 Å². The van der Waals surface area contributed by atoms with Crippen LogP contribution in [-0.4, -0.2) is 66.5 Å². The van der Waals surface area contributed by atoms with Crippen LogP contribution in [0.25, 0.3) is 5.76 Å². The number of carbonyl (C=O) groups is 2. The van der Waals surface area contributed by atoms with Crippen LogP contribution in [0.15, 0.2) is 66.8 Å². The van der Waals surface area contributed by atoms with E-state index in [0.29, 0.717) is 36.8 Å². The van der Waals surface area contributed by atoms with Crippen molar-refractivity contribution >= 4 is 17.4 Å². The molecular weight excluding hydrogens is 432 g/mol. The van der Waals surface area contributed by atoms with Gasteiger partial charge in [-0.05, 0) is 55.1 Å². The van der Waals surface area contributed by atoms with Crippen LogP contribution in [0.2, 0.25) is 0 Å². The third-order valence-electron chi connectivity index (χ3n) is 6.02. The van der Waals surface area contributed by atoms with Crippen LogP contribution in [0.5, 0.6) is 11.5 Å². The lowest BCUT2D eigenvalue weighted by Gasteiger charge is -2.28. The SMILES string of the molecule is C=CCOc1ccc(C(O)=C2C(=O)C(=O)N(CCN(CC)CC)[C@@H]2c2ccc(OC)cc2)cc1. The van der Waals surface area contributed by atoms with Gasteiger partial charge in [0.1, 0.15) is 23.9 Å². The second-order valence-electron chi connectivity index (χ2n) is 7.92. The minimum atomic E-state index is -0.696. The molecular formula is C27H32N2O5. The van der Waals surface area contributed by atoms with Crippen LogP contribution in [0.3, 0.4) is 0 Å². The molecule has 2 aromatic carbocycles. The van der Waals surface area contributed by atoms with E-state index in [9.17, 15) is 14.7 Å². The van der Waals surface area contributed by atoms with E-state index in [-0.39, 0.29) is 11.3 Å². The number of ketones is 1. The Balaban J connectivity index is 2.03. The van der Waals surface area contributed by atoms with Crippen molar-refractivity contribution in [1.29, 1.82) is 0 Å². The van der Waals surface area contributed by atoms with Crippen molar-refractivity contribution in [2.24, 2.45) is 0 Å². The van der Waals surface area contributed by atoms with Gasteiger partial charge in [-0.3, -0.25) is 9.59 Å². The van der Waals surface area contributed by atoms with E-state index in [4.69, 9.17) is 9.47 Å². The minimum Gasteiger partial charge on any atom is -0.507 e. The molecule has 3 rings (SSSR count). The molecule has 1 aliphatic rings. The zero-order valence-electron chi connectivity index (χ0n) is 20.0. The lowest BCUT2D eigenvalue weighted by Crippen LogP contribution is -2.38. The number of hydrogen-bond acceptors (Lipinski definition) is 6. The molecule has 0 radical (unpaired) electrons. The van der Waals surface area contributed by atoms with Gasteiger partial charge in [0.05, 0.1) is 18.7 Å².